The summed E-state index contributed by atoms with van der Waals surface area (Å²) in [4.78, 5) is 20.0. The topological polar surface area (TPSA) is 32.8 Å². The van der Waals surface area contributed by atoms with Gasteiger partial charge in [-0.05, 0) is 53.5 Å². The Morgan fingerprint density at radius 2 is 1.78 bits per heavy atom. The third-order valence-corrected chi connectivity index (χ3v) is 6.70. The van der Waals surface area contributed by atoms with Crippen molar-refractivity contribution in [3.63, 3.8) is 0 Å². The summed E-state index contributed by atoms with van der Waals surface area (Å²) in [5, 5.41) is 1.66. The molecule has 3 aliphatic rings. The number of piperidine rings is 1. The van der Waals surface area contributed by atoms with Crippen LogP contribution in [0.3, 0.4) is 0 Å². The van der Waals surface area contributed by atoms with Crippen LogP contribution < -0.4 is 0 Å². The second-order valence-electron chi connectivity index (χ2n) is 8.20. The third-order valence-electron chi connectivity index (χ3n) is 6.70. The summed E-state index contributed by atoms with van der Waals surface area (Å²) >= 11 is 0. The van der Waals surface area contributed by atoms with E-state index in [1.54, 1.807) is 12.2 Å². The van der Waals surface area contributed by atoms with Crippen molar-refractivity contribution in [2.75, 3.05) is 20.2 Å². The lowest BCUT2D eigenvalue weighted by Crippen LogP contribution is -2.52. The van der Waals surface area contributed by atoms with E-state index in [0.717, 1.165) is 45.3 Å². The Kier molecular flexibility index (Phi) is 4.06. The molecule has 0 atom stereocenters. The van der Waals surface area contributed by atoms with E-state index in [-0.39, 0.29) is 11.4 Å². The molecule has 0 N–H and O–H groups in total. The minimum atomic E-state index is -0.0675. The van der Waals surface area contributed by atoms with Crippen LogP contribution in [-0.4, -0.2) is 41.6 Å². The van der Waals surface area contributed by atoms with Crippen LogP contribution >= 0.6 is 0 Å². The number of carbonyl (C=O) groups excluding carboxylic acids is 1. The Bertz CT molecular complexity index is 884. The zero-order valence-corrected chi connectivity index (χ0v) is 15.9. The Balaban J connectivity index is 1.27. The fourth-order valence-electron chi connectivity index (χ4n) is 5.24. The molecule has 27 heavy (non-hydrogen) atoms. The van der Waals surface area contributed by atoms with Gasteiger partial charge in [0.25, 0.3) is 0 Å². The van der Waals surface area contributed by atoms with E-state index in [1.165, 1.54) is 27.8 Å². The lowest BCUT2D eigenvalue weighted by molar-refractivity contribution is -0.202. The van der Waals surface area contributed by atoms with Gasteiger partial charge in [0.15, 0.2) is 0 Å². The van der Waals surface area contributed by atoms with Crippen LogP contribution in [0, 0.1) is 0 Å². The van der Waals surface area contributed by atoms with Crippen LogP contribution in [0.2, 0.25) is 0 Å². The van der Waals surface area contributed by atoms with Crippen LogP contribution in [0.5, 0.6) is 0 Å². The monoisotopic (exact) mass is 362 g/mol. The highest BCUT2D eigenvalue weighted by Gasteiger charge is 2.47. The number of rotatable bonds is 3. The highest BCUT2D eigenvalue weighted by atomic mass is 16.7. The summed E-state index contributed by atoms with van der Waals surface area (Å²) < 4.78 is 0. The van der Waals surface area contributed by atoms with Crippen molar-refractivity contribution in [3.8, 4) is 11.1 Å². The molecule has 0 aromatic heterocycles. The van der Waals surface area contributed by atoms with Gasteiger partial charge in [0.2, 0.25) is 5.91 Å². The van der Waals surface area contributed by atoms with Gasteiger partial charge in [-0.1, -0.05) is 42.5 Å². The van der Waals surface area contributed by atoms with Crippen molar-refractivity contribution < 1.29 is 9.63 Å². The van der Waals surface area contributed by atoms with E-state index in [1.807, 2.05) is 0 Å². The van der Waals surface area contributed by atoms with E-state index in [9.17, 15) is 4.79 Å². The second-order valence-corrected chi connectivity index (χ2v) is 8.20. The summed E-state index contributed by atoms with van der Waals surface area (Å²) in [6.07, 6.45) is 4.61. The van der Waals surface area contributed by atoms with Gasteiger partial charge >= 0.3 is 0 Å². The maximum absolute atomic E-state index is 12.0. The smallest absolute Gasteiger partial charge is 0.246 e. The summed E-state index contributed by atoms with van der Waals surface area (Å²) in [5.74, 6) is 0.143. The van der Waals surface area contributed by atoms with Gasteiger partial charge in [-0.25, -0.2) is 5.06 Å². The zero-order chi connectivity index (χ0) is 18.4. The van der Waals surface area contributed by atoms with Crippen molar-refractivity contribution in [2.24, 2.45) is 0 Å². The molecule has 5 rings (SSSR count). The van der Waals surface area contributed by atoms with Crippen LogP contribution in [0.15, 0.2) is 42.5 Å². The predicted octanol–water partition coefficient (Wildman–Crippen LogP) is 3.78. The summed E-state index contributed by atoms with van der Waals surface area (Å²) in [7, 11) is 1.62. The fourth-order valence-corrected chi connectivity index (χ4v) is 5.24. The average molecular weight is 362 g/mol. The fraction of sp³-hybridized carbons (Fsp3) is 0.435. The van der Waals surface area contributed by atoms with Crippen molar-refractivity contribution in [1.82, 2.24) is 9.96 Å². The Hall–Kier alpha value is -2.17. The number of amides is 1. The van der Waals surface area contributed by atoms with E-state index in [2.05, 4.69) is 47.4 Å². The molecular formula is C23H26N2O2. The second kappa shape index (κ2) is 6.47. The summed E-state index contributed by atoms with van der Waals surface area (Å²) in [6, 6.07) is 15.7. The van der Waals surface area contributed by atoms with Gasteiger partial charge in [0, 0.05) is 26.1 Å². The first-order chi connectivity index (χ1) is 13.2. The van der Waals surface area contributed by atoms with Crippen molar-refractivity contribution >= 4 is 5.91 Å². The van der Waals surface area contributed by atoms with Gasteiger partial charge in [-0.3, -0.25) is 14.5 Å². The van der Waals surface area contributed by atoms with Gasteiger partial charge in [-0.15, -0.1) is 0 Å². The van der Waals surface area contributed by atoms with Gasteiger partial charge in [0.1, 0.15) is 0 Å². The molecule has 140 valence electrons. The molecular weight excluding hydrogens is 336 g/mol. The zero-order valence-electron chi connectivity index (χ0n) is 15.9. The van der Waals surface area contributed by atoms with Gasteiger partial charge < -0.3 is 0 Å². The first kappa shape index (κ1) is 17.0. The number of carbonyl (C=O) groups is 1. The molecule has 2 fully saturated rings. The maximum atomic E-state index is 12.0. The molecule has 2 saturated heterocycles. The Morgan fingerprint density at radius 1 is 1.00 bits per heavy atom. The molecule has 2 heterocycles. The Morgan fingerprint density at radius 3 is 2.59 bits per heavy atom. The normalized spacial score (nSPS) is 20.9. The predicted molar refractivity (Wildman–Crippen MR) is 105 cm³/mol. The highest BCUT2D eigenvalue weighted by Crippen LogP contribution is 2.40. The SMILES string of the molecule is CON1C(=O)CCC12CCN(Cc1ccc3c(c1)Cc1ccccc1-3)CC2. The number of hydroxylamine groups is 2. The third kappa shape index (κ3) is 2.79. The largest absolute Gasteiger partial charge is 0.299 e. The minimum Gasteiger partial charge on any atom is -0.299 e. The number of benzene rings is 2. The van der Waals surface area contributed by atoms with Crippen LogP contribution in [-0.2, 0) is 22.6 Å². The van der Waals surface area contributed by atoms with E-state index < -0.39 is 0 Å². The highest BCUT2D eigenvalue weighted by molar-refractivity contribution is 5.78. The standard InChI is InChI=1S/C23H26N2O2/c1-27-25-22(26)8-9-23(25)10-12-24(13-11-23)16-17-6-7-21-19(14-17)15-18-4-2-3-5-20(18)21/h2-7,14H,8-13,15-16H2,1H3. The summed E-state index contributed by atoms with van der Waals surface area (Å²) in [5.41, 5.74) is 7.01. The Labute approximate surface area is 160 Å². The van der Waals surface area contributed by atoms with Crippen molar-refractivity contribution in [3.05, 3.63) is 59.2 Å². The average Bonchev–Trinajstić information content (AvgIpc) is 3.21. The van der Waals surface area contributed by atoms with E-state index in [4.69, 9.17) is 4.84 Å². The number of fused-ring (bicyclic) bond motifs is 3. The van der Waals surface area contributed by atoms with E-state index in [0.29, 0.717) is 6.42 Å². The number of hydrogen-bond donors (Lipinski definition) is 0. The number of hydrogen-bond acceptors (Lipinski definition) is 3. The van der Waals surface area contributed by atoms with Crippen LogP contribution in [0.25, 0.3) is 11.1 Å². The molecule has 0 saturated carbocycles. The molecule has 2 aromatic rings. The molecule has 0 radical (unpaired) electrons. The first-order valence-corrected chi connectivity index (χ1v) is 9.98. The van der Waals surface area contributed by atoms with E-state index >= 15 is 0 Å². The molecule has 2 aliphatic heterocycles. The lowest BCUT2D eigenvalue weighted by atomic mass is 9.86. The lowest BCUT2D eigenvalue weighted by Gasteiger charge is -2.43. The molecule has 0 unspecified atom stereocenters. The molecule has 1 aliphatic carbocycles. The summed E-state index contributed by atoms with van der Waals surface area (Å²) in [6.45, 7) is 3.02. The van der Waals surface area contributed by atoms with Crippen molar-refractivity contribution in [2.45, 2.75) is 44.2 Å². The molecule has 4 heteroatoms. The number of likely N-dealkylation sites (tertiary alicyclic amines) is 1. The minimum absolute atomic E-state index is 0.0675. The molecule has 2 aromatic carbocycles. The number of nitrogens with zero attached hydrogens (tertiary/aromatic N) is 2. The van der Waals surface area contributed by atoms with Crippen LogP contribution in [0.1, 0.15) is 42.4 Å². The maximum Gasteiger partial charge on any atom is 0.246 e. The van der Waals surface area contributed by atoms with Crippen LogP contribution in [0.4, 0.5) is 0 Å². The molecule has 1 spiro atoms. The van der Waals surface area contributed by atoms with Crippen molar-refractivity contribution in [1.29, 1.82) is 0 Å². The molecule has 0 bridgehead atoms. The molecule has 4 nitrogen and oxygen atoms in total. The van der Waals surface area contributed by atoms with Gasteiger partial charge in [-0.2, -0.15) is 0 Å². The first-order valence-electron chi connectivity index (χ1n) is 9.98. The van der Waals surface area contributed by atoms with Gasteiger partial charge in [0.05, 0.1) is 12.6 Å². The quantitative estimate of drug-likeness (QED) is 0.711. The molecule has 1 amide bonds.